The van der Waals surface area contributed by atoms with Crippen molar-refractivity contribution in [1.82, 2.24) is 9.97 Å². The van der Waals surface area contributed by atoms with Crippen molar-refractivity contribution in [3.63, 3.8) is 0 Å². The molecule has 1 aromatic rings. The van der Waals surface area contributed by atoms with Gasteiger partial charge in [-0.3, -0.25) is 0 Å². The third kappa shape index (κ3) is 6.14. The fraction of sp³-hybridized carbons (Fsp3) is 0.850. The maximum absolute atomic E-state index is 4.98. The number of unbranched alkanes of at least 4 members (excludes halogenated alkanes) is 3. The lowest BCUT2D eigenvalue weighted by atomic mass is 9.84. The first kappa shape index (κ1) is 19.3. The Labute approximate surface area is 138 Å². The van der Waals surface area contributed by atoms with Crippen molar-refractivity contribution in [2.75, 3.05) is 0 Å². The monoisotopic (exact) mass is 306 g/mol. The molecule has 0 radical (unpaired) electrons. The maximum Gasteiger partial charge on any atom is 0.106 e. The van der Waals surface area contributed by atoms with Crippen molar-refractivity contribution < 1.29 is 0 Å². The van der Waals surface area contributed by atoms with E-state index in [0.29, 0.717) is 0 Å². The Hall–Kier alpha value is -0.790. The van der Waals surface area contributed by atoms with Gasteiger partial charge in [-0.05, 0) is 31.6 Å². The molecule has 0 aliphatic heterocycles. The lowest BCUT2D eigenvalue weighted by molar-refractivity contribution is 0.482. The minimum absolute atomic E-state index is 0.187. The predicted molar refractivity (Wildman–Crippen MR) is 97.5 cm³/mol. The summed E-state index contributed by atoms with van der Waals surface area (Å²) in [5.41, 5.74) is 2.92. The van der Waals surface area contributed by atoms with Crippen LogP contribution in [0.25, 0.3) is 0 Å². The summed E-state index contributed by atoms with van der Waals surface area (Å²) in [5, 5.41) is 0. The van der Waals surface area contributed by atoms with E-state index in [4.69, 9.17) is 4.98 Å². The number of hydrogen-bond acceptors (Lipinski definition) is 1. The van der Waals surface area contributed by atoms with Gasteiger partial charge in [0.25, 0.3) is 0 Å². The van der Waals surface area contributed by atoms with Gasteiger partial charge < -0.3 is 4.98 Å². The van der Waals surface area contributed by atoms with Crippen LogP contribution in [-0.2, 0) is 18.3 Å². The third-order valence-corrected chi connectivity index (χ3v) is 4.83. The van der Waals surface area contributed by atoms with E-state index in [9.17, 15) is 0 Å². The molecule has 0 bridgehead atoms. The Morgan fingerprint density at radius 1 is 1.00 bits per heavy atom. The standard InChI is InChI=1S/C20H38N2/c1-7-9-10-15-18-21-17(14-12-11-13-16(3)4)19(22-18)20(5,6)8-2/h16H,7-15H2,1-6H3,(H,21,22). The average Bonchev–Trinajstić information content (AvgIpc) is 2.88. The normalized spacial score (nSPS) is 12.3. The summed E-state index contributed by atoms with van der Waals surface area (Å²) < 4.78 is 0. The lowest BCUT2D eigenvalue weighted by Crippen LogP contribution is -2.18. The SMILES string of the molecule is CCCCCc1nc(C(C)(C)CC)c(CCCCC(C)C)[nH]1. The summed E-state index contributed by atoms with van der Waals surface area (Å²) in [7, 11) is 0. The summed E-state index contributed by atoms with van der Waals surface area (Å²) in [6, 6.07) is 0. The van der Waals surface area contributed by atoms with Crippen LogP contribution in [0, 0.1) is 5.92 Å². The quantitative estimate of drug-likeness (QED) is 0.484. The second-order valence-electron chi connectivity index (χ2n) is 7.84. The van der Waals surface area contributed by atoms with Crippen LogP contribution in [0.15, 0.2) is 0 Å². The second-order valence-corrected chi connectivity index (χ2v) is 7.84. The van der Waals surface area contributed by atoms with E-state index < -0.39 is 0 Å². The van der Waals surface area contributed by atoms with Crippen LogP contribution in [0.1, 0.15) is 104 Å². The van der Waals surface area contributed by atoms with Crippen LogP contribution in [0.5, 0.6) is 0 Å². The lowest BCUT2D eigenvalue weighted by Gasteiger charge is -2.22. The van der Waals surface area contributed by atoms with Gasteiger partial charge >= 0.3 is 0 Å². The molecule has 128 valence electrons. The van der Waals surface area contributed by atoms with Gasteiger partial charge in [0.2, 0.25) is 0 Å². The molecule has 0 atom stereocenters. The van der Waals surface area contributed by atoms with Crippen LogP contribution in [-0.4, -0.2) is 9.97 Å². The van der Waals surface area contributed by atoms with Crippen molar-refractivity contribution in [2.24, 2.45) is 5.92 Å². The van der Waals surface area contributed by atoms with Gasteiger partial charge in [-0.25, -0.2) is 4.98 Å². The summed E-state index contributed by atoms with van der Waals surface area (Å²) in [4.78, 5) is 8.64. The minimum Gasteiger partial charge on any atom is -0.346 e. The number of aryl methyl sites for hydroxylation is 2. The second kappa shape index (κ2) is 9.37. The number of aromatic nitrogens is 2. The van der Waals surface area contributed by atoms with Gasteiger partial charge in [-0.1, -0.05) is 67.2 Å². The van der Waals surface area contributed by atoms with E-state index >= 15 is 0 Å². The van der Waals surface area contributed by atoms with E-state index in [1.54, 1.807) is 0 Å². The maximum atomic E-state index is 4.98. The fourth-order valence-electron chi connectivity index (χ4n) is 2.89. The van der Waals surface area contributed by atoms with Crippen LogP contribution in [0.3, 0.4) is 0 Å². The van der Waals surface area contributed by atoms with Crippen molar-refractivity contribution in [3.05, 3.63) is 17.2 Å². The number of nitrogens with one attached hydrogen (secondary N) is 1. The van der Waals surface area contributed by atoms with Gasteiger partial charge in [0.1, 0.15) is 5.82 Å². The zero-order valence-corrected chi connectivity index (χ0v) is 15.9. The molecule has 0 aliphatic carbocycles. The van der Waals surface area contributed by atoms with Gasteiger partial charge in [0, 0.05) is 17.5 Å². The highest BCUT2D eigenvalue weighted by molar-refractivity contribution is 5.23. The smallest absolute Gasteiger partial charge is 0.106 e. The van der Waals surface area contributed by atoms with Crippen molar-refractivity contribution in [1.29, 1.82) is 0 Å². The van der Waals surface area contributed by atoms with Crippen molar-refractivity contribution >= 4 is 0 Å². The molecule has 2 heteroatoms. The Balaban J connectivity index is 2.73. The third-order valence-electron chi connectivity index (χ3n) is 4.83. The molecule has 0 amide bonds. The van der Waals surface area contributed by atoms with Crippen molar-refractivity contribution in [3.8, 4) is 0 Å². The molecule has 0 aromatic carbocycles. The molecule has 1 rings (SSSR count). The fourth-order valence-corrected chi connectivity index (χ4v) is 2.89. The summed E-state index contributed by atoms with van der Waals surface area (Å²) in [6.45, 7) is 13.8. The number of nitrogens with zero attached hydrogens (tertiary/aromatic N) is 1. The van der Waals surface area contributed by atoms with Crippen molar-refractivity contribution in [2.45, 2.75) is 105 Å². The van der Waals surface area contributed by atoms with Gasteiger partial charge in [0.15, 0.2) is 0 Å². The zero-order valence-electron chi connectivity index (χ0n) is 15.9. The minimum atomic E-state index is 0.187. The molecule has 1 aromatic heterocycles. The number of hydrogen-bond donors (Lipinski definition) is 1. The Bertz CT molecular complexity index is 415. The van der Waals surface area contributed by atoms with Gasteiger partial charge in [-0.15, -0.1) is 0 Å². The van der Waals surface area contributed by atoms with E-state index in [2.05, 4.69) is 46.5 Å². The van der Waals surface area contributed by atoms with Crippen LogP contribution in [0.2, 0.25) is 0 Å². The molecule has 0 fully saturated rings. The van der Waals surface area contributed by atoms with Crippen LogP contribution in [0.4, 0.5) is 0 Å². The Kier molecular flexibility index (Phi) is 8.20. The zero-order chi connectivity index (χ0) is 16.6. The number of H-pyrrole nitrogens is 1. The summed E-state index contributed by atoms with van der Waals surface area (Å²) in [6.07, 6.45) is 11.2. The Morgan fingerprint density at radius 2 is 1.68 bits per heavy atom. The molecular weight excluding hydrogens is 268 g/mol. The molecule has 22 heavy (non-hydrogen) atoms. The largest absolute Gasteiger partial charge is 0.346 e. The molecule has 0 aliphatic rings. The van der Waals surface area contributed by atoms with Crippen LogP contribution < -0.4 is 0 Å². The molecular formula is C20H38N2. The summed E-state index contributed by atoms with van der Waals surface area (Å²) in [5.74, 6) is 2.03. The topological polar surface area (TPSA) is 28.7 Å². The first-order valence-corrected chi connectivity index (χ1v) is 9.49. The Morgan fingerprint density at radius 3 is 2.27 bits per heavy atom. The number of rotatable bonds is 11. The predicted octanol–water partition coefficient (Wildman–Crippen LogP) is 6.20. The highest BCUT2D eigenvalue weighted by atomic mass is 14.9. The molecule has 0 spiro atoms. The van der Waals surface area contributed by atoms with Crippen LogP contribution >= 0.6 is 0 Å². The molecule has 1 heterocycles. The average molecular weight is 307 g/mol. The highest BCUT2D eigenvalue weighted by Crippen LogP contribution is 2.29. The number of aromatic amines is 1. The molecule has 0 saturated heterocycles. The first-order valence-electron chi connectivity index (χ1n) is 9.49. The van der Waals surface area contributed by atoms with Gasteiger partial charge in [-0.2, -0.15) is 0 Å². The molecule has 0 unspecified atom stereocenters. The van der Waals surface area contributed by atoms with E-state index in [1.165, 1.54) is 55.7 Å². The van der Waals surface area contributed by atoms with E-state index in [0.717, 1.165) is 25.2 Å². The first-order chi connectivity index (χ1) is 10.4. The highest BCUT2D eigenvalue weighted by Gasteiger charge is 2.25. The molecule has 0 saturated carbocycles. The van der Waals surface area contributed by atoms with E-state index in [1.807, 2.05) is 0 Å². The summed E-state index contributed by atoms with van der Waals surface area (Å²) >= 11 is 0. The molecule has 2 nitrogen and oxygen atoms in total. The van der Waals surface area contributed by atoms with Gasteiger partial charge in [0.05, 0.1) is 5.69 Å². The number of imidazole rings is 1. The molecule has 1 N–H and O–H groups in total. The van der Waals surface area contributed by atoms with E-state index in [-0.39, 0.29) is 5.41 Å².